The lowest BCUT2D eigenvalue weighted by molar-refractivity contribution is -0.123. The van der Waals surface area contributed by atoms with E-state index in [1.807, 2.05) is 11.8 Å². The summed E-state index contributed by atoms with van der Waals surface area (Å²) in [5, 5.41) is 0. The summed E-state index contributed by atoms with van der Waals surface area (Å²) in [6.07, 6.45) is 10.5. The van der Waals surface area contributed by atoms with Crippen LogP contribution in [0.3, 0.4) is 0 Å². The molecule has 0 aromatic carbocycles. The van der Waals surface area contributed by atoms with Gasteiger partial charge in [-0.15, -0.1) is 11.3 Å². The van der Waals surface area contributed by atoms with E-state index < -0.39 is 16.1 Å². The number of unbranched alkanes of at least 4 members (excludes halogenated alkanes) is 1. The van der Waals surface area contributed by atoms with Crippen LogP contribution in [-0.4, -0.2) is 45.8 Å². The van der Waals surface area contributed by atoms with Gasteiger partial charge in [-0.3, -0.25) is 8.98 Å². The van der Waals surface area contributed by atoms with Gasteiger partial charge in [0.15, 0.2) is 0 Å². The van der Waals surface area contributed by atoms with E-state index >= 15 is 0 Å². The van der Waals surface area contributed by atoms with Crippen LogP contribution in [0.4, 0.5) is 5.69 Å². The maximum absolute atomic E-state index is 14.1. The third-order valence-electron chi connectivity index (χ3n) is 7.76. The quantitative estimate of drug-likeness (QED) is 0.175. The Morgan fingerprint density at radius 2 is 1.78 bits per heavy atom. The van der Waals surface area contributed by atoms with Gasteiger partial charge in [0, 0.05) is 16.8 Å². The topological polar surface area (TPSA) is 90.0 Å². The molecule has 0 saturated heterocycles. The Morgan fingerprint density at radius 3 is 2.32 bits per heavy atom. The molecule has 3 rings (SSSR count). The minimum Gasteiger partial charge on any atom is -0.465 e. The average Bonchev–Trinajstić information content (AvgIpc) is 3.29. The lowest BCUT2D eigenvalue weighted by Gasteiger charge is -2.38. The highest BCUT2D eigenvalue weighted by Gasteiger charge is 2.37. The highest BCUT2D eigenvalue weighted by molar-refractivity contribution is 7.86. The fraction of sp³-hybridized carbons (Fsp3) is 0.714. The first kappa shape index (κ1) is 29.8. The monoisotopic (exact) mass is 553 g/mol. The second-order valence-electron chi connectivity index (χ2n) is 10.6. The third-order valence-corrected chi connectivity index (χ3v) is 9.65. The van der Waals surface area contributed by atoms with Crippen molar-refractivity contribution in [2.45, 2.75) is 109 Å². The summed E-state index contributed by atoms with van der Waals surface area (Å²) >= 11 is 1.45. The van der Waals surface area contributed by atoms with Crippen molar-refractivity contribution in [2.75, 3.05) is 18.3 Å². The fourth-order valence-corrected chi connectivity index (χ4v) is 7.55. The molecule has 7 nitrogen and oxygen atoms in total. The summed E-state index contributed by atoms with van der Waals surface area (Å²) in [4.78, 5) is 30.6. The molecule has 0 radical (unpaired) electrons. The maximum atomic E-state index is 14.1. The lowest BCUT2D eigenvalue weighted by atomic mass is 9.85. The van der Waals surface area contributed by atoms with E-state index in [0.29, 0.717) is 42.2 Å². The van der Waals surface area contributed by atoms with Crippen LogP contribution in [0.25, 0.3) is 0 Å². The number of hydrogen-bond acceptors (Lipinski definition) is 7. The van der Waals surface area contributed by atoms with Crippen molar-refractivity contribution in [1.82, 2.24) is 0 Å². The van der Waals surface area contributed by atoms with Gasteiger partial charge in [-0.2, -0.15) is 8.42 Å². The SMILES string of the molecule is C=C1CCC(c2cc(N(C(=O)C(CC)CCCC)C3CCC(OS(C)(=O)=O)CC3)c(C(=O)OC)s2)CC1. The first-order valence-corrected chi connectivity index (χ1v) is 16.3. The summed E-state index contributed by atoms with van der Waals surface area (Å²) in [5.74, 6) is -0.155. The number of ether oxygens (including phenoxy) is 1. The number of hydrogen-bond donors (Lipinski definition) is 0. The molecule has 0 spiro atoms. The smallest absolute Gasteiger partial charge is 0.350 e. The van der Waals surface area contributed by atoms with Crippen LogP contribution in [0.1, 0.15) is 111 Å². The van der Waals surface area contributed by atoms with E-state index in [0.717, 1.165) is 62.5 Å². The van der Waals surface area contributed by atoms with E-state index in [2.05, 4.69) is 19.6 Å². The summed E-state index contributed by atoms with van der Waals surface area (Å²) in [6.45, 7) is 8.30. The number of carbonyl (C=O) groups is 2. The predicted octanol–water partition coefficient (Wildman–Crippen LogP) is 6.59. The van der Waals surface area contributed by atoms with Gasteiger partial charge in [-0.05, 0) is 76.2 Å². The second-order valence-corrected chi connectivity index (χ2v) is 13.2. The zero-order valence-corrected chi connectivity index (χ0v) is 24.4. The van der Waals surface area contributed by atoms with Crippen LogP contribution in [-0.2, 0) is 23.8 Å². The number of carbonyl (C=O) groups excluding carboxylic acids is 2. The lowest BCUT2D eigenvalue weighted by Crippen LogP contribution is -2.46. The van der Waals surface area contributed by atoms with Crippen LogP contribution in [0.2, 0.25) is 0 Å². The van der Waals surface area contributed by atoms with Crippen LogP contribution < -0.4 is 4.90 Å². The van der Waals surface area contributed by atoms with Crippen molar-refractivity contribution in [2.24, 2.45) is 5.92 Å². The molecule has 0 aliphatic heterocycles. The van der Waals surface area contributed by atoms with Crippen LogP contribution >= 0.6 is 11.3 Å². The standard InChI is InChI=1S/C28H43NO6S2/c1-6-8-9-20(7-2)27(30)29(22-14-16-23(17-15-22)35-37(5,32)33)24-18-25(36-26(24)28(31)34-4)21-12-10-19(3)11-13-21/h18,20-23H,3,6-17H2,1-2,4-5H3. The van der Waals surface area contributed by atoms with Gasteiger partial charge in [0.05, 0.1) is 25.2 Å². The zero-order chi connectivity index (χ0) is 27.2. The Balaban J connectivity index is 1.98. The molecule has 2 aliphatic rings. The Hall–Kier alpha value is -1.71. The zero-order valence-electron chi connectivity index (χ0n) is 22.8. The first-order chi connectivity index (χ1) is 17.6. The van der Waals surface area contributed by atoms with Crippen molar-refractivity contribution in [3.05, 3.63) is 28.0 Å². The molecule has 0 N–H and O–H groups in total. The van der Waals surface area contributed by atoms with Crippen molar-refractivity contribution in [1.29, 1.82) is 0 Å². The van der Waals surface area contributed by atoms with E-state index in [9.17, 15) is 18.0 Å². The molecule has 2 saturated carbocycles. The summed E-state index contributed by atoms with van der Waals surface area (Å²) < 4.78 is 33.7. The van der Waals surface area contributed by atoms with Gasteiger partial charge in [0.25, 0.3) is 10.1 Å². The van der Waals surface area contributed by atoms with Crippen LogP contribution in [0, 0.1) is 5.92 Å². The van der Waals surface area contributed by atoms with E-state index in [-0.39, 0.29) is 24.0 Å². The van der Waals surface area contributed by atoms with Crippen molar-refractivity contribution >= 4 is 39.0 Å². The number of allylic oxidation sites excluding steroid dienone is 1. The summed E-state index contributed by atoms with van der Waals surface area (Å²) in [5.41, 5.74) is 1.93. The maximum Gasteiger partial charge on any atom is 0.350 e. The number of esters is 1. The van der Waals surface area contributed by atoms with Gasteiger partial charge in [-0.25, -0.2) is 4.79 Å². The van der Waals surface area contributed by atoms with Gasteiger partial charge in [0.2, 0.25) is 5.91 Å². The Morgan fingerprint density at radius 1 is 1.14 bits per heavy atom. The molecule has 0 bridgehead atoms. The number of nitrogens with zero attached hydrogens (tertiary/aromatic N) is 1. The van der Waals surface area contributed by atoms with Gasteiger partial charge >= 0.3 is 5.97 Å². The van der Waals surface area contributed by atoms with Crippen molar-refractivity contribution in [3.8, 4) is 0 Å². The molecule has 9 heteroatoms. The van der Waals surface area contributed by atoms with Crippen molar-refractivity contribution < 1.29 is 26.9 Å². The molecule has 1 unspecified atom stereocenters. The number of thiophene rings is 1. The molecular weight excluding hydrogens is 510 g/mol. The molecule has 1 amide bonds. The van der Waals surface area contributed by atoms with Crippen LogP contribution in [0.5, 0.6) is 0 Å². The third kappa shape index (κ3) is 7.90. The van der Waals surface area contributed by atoms with Gasteiger partial charge in [0.1, 0.15) is 4.88 Å². The molecule has 37 heavy (non-hydrogen) atoms. The minimum atomic E-state index is -3.54. The molecule has 1 heterocycles. The number of amides is 1. The first-order valence-electron chi connectivity index (χ1n) is 13.7. The van der Waals surface area contributed by atoms with E-state index in [1.54, 1.807) is 0 Å². The Bertz CT molecular complexity index is 1040. The Kier molecular flexibility index (Phi) is 10.8. The van der Waals surface area contributed by atoms with Gasteiger partial charge < -0.3 is 9.64 Å². The molecule has 1 aromatic rings. The largest absolute Gasteiger partial charge is 0.465 e. The highest BCUT2D eigenvalue weighted by atomic mass is 32.2. The highest BCUT2D eigenvalue weighted by Crippen LogP contribution is 2.44. The summed E-state index contributed by atoms with van der Waals surface area (Å²) in [6, 6.07) is 1.93. The van der Waals surface area contributed by atoms with E-state index in [4.69, 9.17) is 8.92 Å². The summed E-state index contributed by atoms with van der Waals surface area (Å²) in [7, 11) is -2.16. The fourth-order valence-electron chi connectivity index (χ4n) is 5.62. The average molecular weight is 554 g/mol. The minimum absolute atomic E-state index is 0.0509. The van der Waals surface area contributed by atoms with E-state index in [1.165, 1.54) is 24.0 Å². The molecule has 2 aliphatic carbocycles. The Labute approximate surface area is 226 Å². The molecule has 1 atom stereocenters. The van der Waals surface area contributed by atoms with Crippen LogP contribution in [0.15, 0.2) is 18.2 Å². The number of methoxy groups -OCH3 is 1. The molecule has 2 fully saturated rings. The number of anilines is 1. The molecule has 1 aromatic heterocycles. The number of rotatable bonds is 11. The van der Waals surface area contributed by atoms with Crippen molar-refractivity contribution in [3.63, 3.8) is 0 Å². The van der Waals surface area contributed by atoms with Gasteiger partial charge in [-0.1, -0.05) is 38.8 Å². The second kappa shape index (κ2) is 13.4. The molecular formula is C28H43NO6S2. The predicted molar refractivity (Wildman–Crippen MR) is 149 cm³/mol. The normalized spacial score (nSPS) is 22.0. The molecule has 208 valence electrons.